The van der Waals surface area contributed by atoms with E-state index in [1.54, 1.807) is 35.2 Å². The molecule has 3 rings (SSSR count). The first-order valence-corrected chi connectivity index (χ1v) is 10.6. The number of likely N-dealkylation sites (tertiary alicyclic amines) is 1. The molecule has 1 aliphatic rings. The number of nitriles is 1. The van der Waals surface area contributed by atoms with E-state index in [-0.39, 0.29) is 18.3 Å². The number of carbonyl (C=O) groups excluding carboxylic acids is 1. The van der Waals surface area contributed by atoms with E-state index in [1.165, 1.54) is 12.1 Å². The van der Waals surface area contributed by atoms with E-state index >= 15 is 0 Å². The molecule has 0 aromatic heterocycles. The quantitative estimate of drug-likeness (QED) is 0.356. The molecule has 2 aromatic rings. The van der Waals surface area contributed by atoms with Crippen molar-refractivity contribution in [2.45, 2.75) is 24.2 Å². The van der Waals surface area contributed by atoms with E-state index in [2.05, 4.69) is 15.4 Å². The van der Waals surface area contributed by atoms with Crippen molar-refractivity contribution in [3.8, 4) is 11.8 Å². The molecule has 0 unspecified atom stereocenters. The predicted molar refractivity (Wildman–Crippen MR) is 113 cm³/mol. The summed E-state index contributed by atoms with van der Waals surface area (Å²) in [7, 11) is 0. The van der Waals surface area contributed by atoms with E-state index in [1.807, 2.05) is 0 Å². The SMILES string of the molecule is N#CC1(Cc2ccc(F)cc2)CCN(C(=O)COc2ccc(Cl)cc2SOON)CC1. The lowest BCUT2D eigenvalue weighted by Crippen LogP contribution is -2.45. The van der Waals surface area contributed by atoms with Crippen LogP contribution >= 0.6 is 23.6 Å². The zero-order valence-corrected chi connectivity index (χ0v) is 18.1. The fraction of sp³-hybridized carbons (Fsp3) is 0.333. The highest BCUT2D eigenvalue weighted by atomic mass is 35.5. The van der Waals surface area contributed by atoms with Gasteiger partial charge in [-0.15, -0.1) is 9.32 Å². The topological polar surface area (TPSA) is 97.8 Å². The molecule has 2 N–H and O–H groups in total. The van der Waals surface area contributed by atoms with Crippen LogP contribution in [0.3, 0.4) is 0 Å². The summed E-state index contributed by atoms with van der Waals surface area (Å²) in [5.74, 6) is 4.77. The zero-order valence-electron chi connectivity index (χ0n) is 16.6. The number of nitrogens with two attached hydrogens (primary N) is 1. The summed E-state index contributed by atoms with van der Waals surface area (Å²) in [6.45, 7) is 0.725. The van der Waals surface area contributed by atoms with Crippen molar-refractivity contribution < 1.29 is 23.2 Å². The van der Waals surface area contributed by atoms with Crippen molar-refractivity contribution >= 4 is 29.6 Å². The van der Waals surface area contributed by atoms with Crippen LogP contribution in [0.2, 0.25) is 5.02 Å². The largest absolute Gasteiger partial charge is 0.483 e. The number of benzene rings is 2. The van der Waals surface area contributed by atoms with Gasteiger partial charge in [-0.3, -0.25) is 4.79 Å². The van der Waals surface area contributed by atoms with Crippen LogP contribution in [0.4, 0.5) is 4.39 Å². The lowest BCUT2D eigenvalue weighted by atomic mass is 9.75. The summed E-state index contributed by atoms with van der Waals surface area (Å²) in [5.41, 5.74) is 0.331. The average molecular weight is 466 g/mol. The van der Waals surface area contributed by atoms with E-state index in [0.29, 0.717) is 48.0 Å². The van der Waals surface area contributed by atoms with Gasteiger partial charge >= 0.3 is 0 Å². The van der Waals surface area contributed by atoms with Gasteiger partial charge in [-0.25, -0.2) is 4.39 Å². The predicted octanol–water partition coefficient (Wildman–Crippen LogP) is 4.06. The molecule has 10 heteroatoms. The molecule has 0 radical (unpaired) electrons. The Morgan fingerprint density at radius 2 is 1.97 bits per heavy atom. The summed E-state index contributed by atoms with van der Waals surface area (Å²) in [4.78, 5) is 18.9. The van der Waals surface area contributed by atoms with Gasteiger partial charge in [0.2, 0.25) is 0 Å². The third-order valence-electron chi connectivity index (χ3n) is 5.19. The number of nitrogens with zero attached hydrogens (tertiary/aromatic N) is 2. The molecule has 164 valence electrons. The zero-order chi connectivity index (χ0) is 22.3. The van der Waals surface area contributed by atoms with Crippen LogP contribution in [0.5, 0.6) is 5.75 Å². The van der Waals surface area contributed by atoms with Crippen LogP contribution in [-0.2, 0) is 20.5 Å². The monoisotopic (exact) mass is 465 g/mol. The molecule has 0 saturated carbocycles. The third kappa shape index (κ3) is 6.32. The Hall–Kier alpha value is -2.35. The van der Waals surface area contributed by atoms with Crippen molar-refractivity contribution in [3.63, 3.8) is 0 Å². The number of hydrogen-bond acceptors (Lipinski definition) is 7. The minimum Gasteiger partial charge on any atom is -0.483 e. The number of rotatable bonds is 8. The van der Waals surface area contributed by atoms with Crippen LogP contribution in [-0.4, -0.2) is 30.5 Å². The van der Waals surface area contributed by atoms with Gasteiger partial charge in [0.05, 0.1) is 28.4 Å². The molecule has 0 atom stereocenters. The molecule has 1 heterocycles. The second-order valence-electron chi connectivity index (χ2n) is 7.20. The number of ether oxygens (including phenoxy) is 1. The van der Waals surface area contributed by atoms with Gasteiger partial charge in [-0.1, -0.05) is 23.7 Å². The Morgan fingerprint density at radius 1 is 1.26 bits per heavy atom. The second kappa shape index (κ2) is 10.8. The standard InChI is InChI=1S/C21H21ClFN3O4S/c22-16-3-6-18(19(11-16)31-30-29-25)28-13-20(27)26-9-7-21(14-24,8-10-26)12-15-1-4-17(23)5-2-15/h1-6,11H,7-10,12-13,25H2. The Morgan fingerprint density at radius 3 is 2.61 bits per heavy atom. The Kier molecular flexibility index (Phi) is 8.12. The highest BCUT2D eigenvalue weighted by Crippen LogP contribution is 2.35. The molecule has 0 aliphatic carbocycles. The maximum Gasteiger partial charge on any atom is 0.260 e. The molecular weight excluding hydrogens is 445 g/mol. The molecule has 1 amide bonds. The van der Waals surface area contributed by atoms with Gasteiger partial charge in [0.1, 0.15) is 11.6 Å². The highest BCUT2D eigenvalue weighted by molar-refractivity contribution is 7.94. The molecule has 2 aromatic carbocycles. The Balaban J connectivity index is 1.55. The number of piperidine rings is 1. The van der Waals surface area contributed by atoms with Crippen molar-refractivity contribution in [2.75, 3.05) is 19.7 Å². The summed E-state index contributed by atoms with van der Waals surface area (Å²) in [5, 5.41) is 10.2. The fourth-order valence-corrected chi connectivity index (χ4v) is 4.19. The fourth-order valence-electron chi connectivity index (χ4n) is 3.46. The van der Waals surface area contributed by atoms with Crippen molar-refractivity contribution in [1.82, 2.24) is 4.90 Å². The first-order valence-electron chi connectivity index (χ1n) is 9.50. The lowest BCUT2D eigenvalue weighted by Gasteiger charge is -2.37. The molecule has 1 aliphatic heterocycles. The van der Waals surface area contributed by atoms with E-state index < -0.39 is 5.41 Å². The van der Waals surface area contributed by atoms with Crippen molar-refractivity contribution in [2.24, 2.45) is 11.3 Å². The third-order valence-corrected chi connectivity index (χ3v) is 6.07. The van der Waals surface area contributed by atoms with Crippen LogP contribution in [0, 0.1) is 22.6 Å². The molecule has 0 spiro atoms. The summed E-state index contributed by atoms with van der Waals surface area (Å²) in [6.07, 6.45) is 1.60. The summed E-state index contributed by atoms with van der Waals surface area (Å²) < 4.78 is 23.4. The van der Waals surface area contributed by atoms with E-state index in [9.17, 15) is 14.4 Å². The average Bonchev–Trinajstić information content (AvgIpc) is 2.79. The number of halogens is 2. The lowest BCUT2D eigenvalue weighted by molar-refractivity contribution is -0.195. The first-order chi connectivity index (χ1) is 14.9. The van der Waals surface area contributed by atoms with Gasteiger partial charge in [-0.2, -0.15) is 11.2 Å². The second-order valence-corrected chi connectivity index (χ2v) is 8.38. The van der Waals surface area contributed by atoms with Crippen molar-refractivity contribution in [3.05, 3.63) is 58.9 Å². The molecule has 31 heavy (non-hydrogen) atoms. The van der Waals surface area contributed by atoms with Crippen LogP contribution in [0.25, 0.3) is 0 Å². The normalized spacial score (nSPS) is 15.4. The number of amides is 1. The number of hydrogen-bond donors (Lipinski definition) is 1. The minimum absolute atomic E-state index is 0.170. The first kappa shape index (κ1) is 23.3. The molecule has 1 fully saturated rings. The van der Waals surface area contributed by atoms with Gasteiger partial charge in [0, 0.05) is 18.1 Å². The van der Waals surface area contributed by atoms with Crippen molar-refractivity contribution in [1.29, 1.82) is 5.26 Å². The molecule has 1 saturated heterocycles. The molecular formula is C21H21ClFN3O4S. The van der Waals surface area contributed by atoms with Crippen LogP contribution in [0.15, 0.2) is 47.4 Å². The molecule has 7 nitrogen and oxygen atoms in total. The highest BCUT2D eigenvalue weighted by Gasteiger charge is 2.36. The van der Waals surface area contributed by atoms with Gasteiger partial charge in [-0.05, 0) is 55.2 Å². The Bertz CT molecular complexity index is 947. The Labute approximate surface area is 188 Å². The molecule has 0 bridgehead atoms. The summed E-state index contributed by atoms with van der Waals surface area (Å²) in [6, 6.07) is 13.4. The van der Waals surface area contributed by atoms with Gasteiger partial charge < -0.3 is 9.64 Å². The maximum atomic E-state index is 13.1. The van der Waals surface area contributed by atoms with Crippen LogP contribution in [0.1, 0.15) is 18.4 Å². The minimum atomic E-state index is -0.574. The summed E-state index contributed by atoms with van der Waals surface area (Å²) >= 11 is 6.78. The van der Waals surface area contributed by atoms with Gasteiger partial charge in [0.25, 0.3) is 5.91 Å². The van der Waals surface area contributed by atoms with E-state index in [4.69, 9.17) is 22.2 Å². The maximum absolute atomic E-state index is 13.1. The number of carbonyl (C=O) groups is 1. The van der Waals surface area contributed by atoms with Crippen LogP contribution < -0.4 is 10.6 Å². The van der Waals surface area contributed by atoms with Gasteiger partial charge in [0.15, 0.2) is 6.61 Å². The smallest absolute Gasteiger partial charge is 0.260 e. The van der Waals surface area contributed by atoms with E-state index in [0.717, 1.165) is 17.6 Å².